The fraction of sp³-hybridized carbons (Fsp3) is 0.500. The van der Waals surface area contributed by atoms with Crippen LogP contribution in [0.25, 0.3) is 0 Å². The van der Waals surface area contributed by atoms with Crippen molar-refractivity contribution in [3.8, 4) is 6.07 Å². The molecule has 0 spiro atoms. The van der Waals surface area contributed by atoms with Gasteiger partial charge in [-0.3, -0.25) is 4.79 Å². The molecule has 1 saturated heterocycles. The summed E-state index contributed by atoms with van der Waals surface area (Å²) >= 11 is 0. The molecule has 5 heteroatoms. The van der Waals surface area contributed by atoms with Gasteiger partial charge in [0.1, 0.15) is 6.07 Å². The standard InChI is InChI=1S/C16H20N2O3/c17-11-13-5-1-2-7-15(13)18-16(19)8-10-20-12-14-6-3-4-9-21-14/h1-2,5,7,14H,3-4,6,8-10,12H2,(H,18,19). The maximum Gasteiger partial charge on any atom is 0.226 e. The highest BCUT2D eigenvalue weighted by Crippen LogP contribution is 2.14. The lowest BCUT2D eigenvalue weighted by Crippen LogP contribution is -2.25. The van der Waals surface area contributed by atoms with Crippen molar-refractivity contribution in [1.29, 1.82) is 5.26 Å². The highest BCUT2D eigenvalue weighted by atomic mass is 16.5. The predicted octanol–water partition coefficient (Wildman–Crippen LogP) is 2.47. The quantitative estimate of drug-likeness (QED) is 0.816. The highest BCUT2D eigenvalue weighted by molar-refractivity contribution is 5.92. The number of hydrogen-bond donors (Lipinski definition) is 1. The number of carbonyl (C=O) groups excluding carboxylic acids is 1. The molecule has 1 N–H and O–H groups in total. The molecular weight excluding hydrogens is 268 g/mol. The average Bonchev–Trinajstić information content (AvgIpc) is 2.53. The van der Waals surface area contributed by atoms with Crippen molar-refractivity contribution >= 4 is 11.6 Å². The second-order valence-corrected chi connectivity index (χ2v) is 5.02. The first-order valence-corrected chi connectivity index (χ1v) is 7.28. The zero-order chi connectivity index (χ0) is 14.9. The lowest BCUT2D eigenvalue weighted by atomic mass is 10.1. The molecule has 1 aliphatic rings. The van der Waals surface area contributed by atoms with Crippen LogP contribution in [0.5, 0.6) is 0 Å². The van der Waals surface area contributed by atoms with Crippen LogP contribution in [-0.2, 0) is 14.3 Å². The summed E-state index contributed by atoms with van der Waals surface area (Å²) in [5.74, 6) is -0.151. The Balaban J connectivity index is 1.66. The number of nitriles is 1. The number of para-hydroxylation sites is 1. The molecule has 1 unspecified atom stereocenters. The van der Waals surface area contributed by atoms with Gasteiger partial charge in [-0.25, -0.2) is 0 Å². The smallest absolute Gasteiger partial charge is 0.226 e. The molecule has 0 aliphatic carbocycles. The molecule has 1 aliphatic heterocycles. The average molecular weight is 288 g/mol. The van der Waals surface area contributed by atoms with Gasteiger partial charge in [0.25, 0.3) is 0 Å². The molecule has 1 atom stereocenters. The van der Waals surface area contributed by atoms with E-state index in [9.17, 15) is 4.79 Å². The number of rotatable bonds is 6. The zero-order valence-corrected chi connectivity index (χ0v) is 12.0. The van der Waals surface area contributed by atoms with Crippen LogP contribution in [0.3, 0.4) is 0 Å². The molecule has 0 aromatic heterocycles. The van der Waals surface area contributed by atoms with Crippen molar-refractivity contribution in [2.75, 3.05) is 25.1 Å². The van der Waals surface area contributed by atoms with E-state index in [1.807, 2.05) is 6.07 Å². The molecule has 0 saturated carbocycles. The number of nitrogens with one attached hydrogen (secondary N) is 1. The SMILES string of the molecule is N#Cc1ccccc1NC(=O)CCOCC1CCCCO1. The van der Waals surface area contributed by atoms with Gasteiger partial charge in [-0.15, -0.1) is 0 Å². The van der Waals surface area contributed by atoms with E-state index in [1.54, 1.807) is 24.3 Å². The molecule has 21 heavy (non-hydrogen) atoms. The Labute approximate surface area is 124 Å². The topological polar surface area (TPSA) is 71.4 Å². The molecule has 0 radical (unpaired) electrons. The molecule has 1 aromatic carbocycles. The molecule has 5 nitrogen and oxygen atoms in total. The normalized spacial score (nSPS) is 18.0. The summed E-state index contributed by atoms with van der Waals surface area (Å²) in [6.07, 6.45) is 3.77. The Morgan fingerprint density at radius 1 is 1.43 bits per heavy atom. The molecule has 1 fully saturated rings. The minimum atomic E-state index is -0.151. The molecule has 1 aromatic rings. The third-order valence-electron chi connectivity index (χ3n) is 3.37. The van der Waals surface area contributed by atoms with Crippen LogP contribution < -0.4 is 5.32 Å². The molecule has 1 heterocycles. The summed E-state index contributed by atoms with van der Waals surface area (Å²) in [4.78, 5) is 11.8. The molecule has 0 bridgehead atoms. The van der Waals surface area contributed by atoms with Gasteiger partial charge in [-0.1, -0.05) is 12.1 Å². The van der Waals surface area contributed by atoms with Gasteiger partial charge >= 0.3 is 0 Å². The van der Waals surface area contributed by atoms with Crippen molar-refractivity contribution in [2.45, 2.75) is 31.8 Å². The number of nitrogens with zero attached hydrogens (tertiary/aromatic N) is 1. The number of carbonyl (C=O) groups is 1. The third kappa shape index (κ3) is 5.18. The monoisotopic (exact) mass is 288 g/mol. The Bertz CT molecular complexity index is 504. The van der Waals surface area contributed by atoms with E-state index >= 15 is 0 Å². The van der Waals surface area contributed by atoms with E-state index in [0.717, 1.165) is 19.4 Å². The fourth-order valence-corrected chi connectivity index (χ4v) is 2.22. The predicted molar refractivity (Wildman–Crippen MR) is 78.8 cm³/mol. The van der Waals surface area contributed by atoms with E-state index in [0.29, 0.717) is 24.5 Å². The van der Waals surface area contributed by atoms with E-state index in [1.165, 1.54) is 6.42 Å². The van der Waals surface area contributed by atoms with Gasteiger partial charge in [-0.05, 0) is 31.4 Å². The number of benzene rings is 1. The number of hydrogen-bond acceptors (Lipinski definition) is 4. The van der Waals surface area contributed by atoms with Crippen LogP contribution in [0, 0.1) is 11.3 Å². The molecule has 112 valence electrons. The highest BCUT2D eigenvalue weighted by Gasteiger charge is 2.14. The molecule has 1 amide bonds. The van der Waals surface area contributed by atoms with E-state index in [4.69, 9.17) is 14.7 Å². The number of ether oxygens (including phenoxy) is 2. The lowest BCUT2D eigenvalue weighted by molar-refractivity contribution is -0.117. The van der Waals surface area contributed by atoms with Crippen LogP contribution in [0.1, 0.15) is 31.2 Å². The zero-order valence-electron chi connectivity index (χ0n) is 12.0. The van der Waals surface area contributed by atoms with Crippen LogP contribution in [0.4, 0.5) is 5.69 Å². The van der Waals surface area contributed by atoms with Crippen LogP contribution in [0.15, 0.2) is 24.3 Å². The Hall–Kier alpha value is -1.90. The van der Waals surface area contributed by atoms with Crippen LogP contribution in [0.2, 0.25) is 0 Å². The summed E-state index contributed by atoms with van der Waals surface area (Å²) < 4.78 is 11.0. The first-order chi connectivity index (χ1) is 10.3. The summed E-state index contributed by atoms with van der Waals surface area (Å²) in [7, 11) is 0. The maximum atomic E-state index is 11.8. The maximum absolute atomic E-state index is 11.8. The largest absolute Gasteiger partial charge is 0.378 e. The Morgan fingerprint density at radius 2 is 2.29 bits per heavy atom. The first kappa shape index (κ1) is 15.5. The minimum Gasteiger partial charge on any atom is -0.378 e. The summed E-state index contributed by atoms with van der Waals surface area (Å²) in [5.41, 5.74) is 1.00. The van der Waals surface area contributed by atoms with Gasteiger partial charge in [-0.2, -0.15) is 5.26 Å². The van der Waals surface area contributed by atoms with Crippen molar-refractivity contribution in [1.82, 2.24) is 0 Å². The van der Waals surface area contributed by atoms with Crippen molar-refractivity contribution in [2.24, 2.45) is 0 Å². The summed E-state index contributed by atoms with van der Waals surface area (Å²) in [6, 6.07) is 8.99. The van der Waals surface area contributed by atoms with Gasteiger partial charge in [0.2, 0.25) is 5.91 Å². The first-order valence-electron chi connectivity index (χ1n) is 7.28. The van der Waals surface area contributed by atoms with Gasteiger partial charge in [0.05, 0.1) is 37.0 Å². The van der Waals surface area contributed by atoms with Gasteiger partial charge in [0.15, 0.2) is 0 Å². The molecule has 2 rings (SSSR count). The van der Waals surface area contributed by atoms with Crippen molar-refractivity contribution in [3.63, 3.8) is 0 Å². The Morgan fingerprint density at radius 3 is 3.05 bits per heavy atom. The number of anilines is 1. The lowest BCUT2D eigenvalue weighted by Gasteiger charge is -2.22. The van der Waals surface area contributed by atoms with Crippen molar-refractivity contribution < 1.29 is 14.3 Å². The second-order valence-electron chi connectivity index (χ2n) is 5.02. The van der Waals surface area contributed by atoms with Gasteiger partial charge < -0.3 is 14.8 Å². The van der Waals surface area contributed by atoms with Gasteiger partial charge in [0, 0.05) is 6.61 Å². The van der Waals surface area contributed by atoms with E-state index in [2.05, 4.69) is 5.32 Å². The fourth-order valence-electron chi connectivity index (χ4n) is 2.22. The second kappa shape index (κ2) is 8.40. The summed E-state index contributed by atoms with van der Waals surface area (Å²) in [5, 5.41) is 11.7. The minimum absolute atomic E-state index is 0.151. The van der Waals surface area contributed by atoms with Crippen LogP contribution in [-0.4, -0.2) is 31.8 Å². The van der Waals surface area contributed by atoms with E-state index < -0.39 is 0 Å². The van der Waals surface area contributed by atoms with Crippen LogP contribution >= 0.6 is 0 Å². The van der Waals surface area contributed by atoms with E-state index in [-0.39, 0.29) is 18.4 Å². The Kier molecular flexibility index (Phi) is 6.20. The number of amides is 1. The third-order valence-corrected chi connectivity index (χ3v) is 3.37. The summed E-state index contributed by atoms with van der Waals surface area (Å²) in [6.45, 7) is 1.71. The van der Waals surface area contributed by atoms with Crippen molar-refractivity contribution in [3.05, 3.63) is 29.8 Å². The molecular formula is C16H20N2O3.